The van der Waals surface area contributed by atoms with E-state index in [9.17, 15) is 9.59 Å². The van der Waals surface area contributed by atoms with Gasteiger partial charge in [0.25, 0.3) is 11.8 Å². The van der Waals surface area contributed by atoms with Gasteiger partial charge in [-0.15, -0.1) is 0 Å². The van der Waals surface area contributed by atoms with Gasteiger partial charge < -0.3 is 4.90 Å². The molecule has 0 radical (unpaired) electrons. The Morgan fingerprint density at radius 2 is 1.38 bits per heavy atom. The SMILES string of the molecule is O=C1C(Cl)=C(N2CCCCC2)C(=O)N1CC#CCN1CCCCC1. The van der Waals surface area contributed by atoms with E-state index < -0.39 is 5.91 Å². The highest BCUT2D eigenvalue weighted by Gasteiger charge is 2.40. The number of carbonyl (C=O) groups excluding carboxylic acids is 2. The van der Waals surface area contributed by atoms with Crippen LogP contribution in [0.2, 0.25) is 0 Å². The molecule has 0 spiro atoms. The topological polar surface area (TPSA) is 43.9 Å². The molecule has 3 aliphatic heterocycles. The lowest BCUT2D eigenvalue weighted by Gasteiger charge is -2.29. The van der Waals surface area contributed by atoms with Crippen LogP contribution in [0.5, 0.6) is 0 Å². The number of carbonyl (C=O) groups is 2. The molecule has 5 nitrogen and oxygen atoms in total. The van der Waals surface area contributed by atoms with Crippen molar-refractivity contribution in [1.82, 2.24) is 14.7 Å². The van der Waals surface area contributed by atoms with Crippen LogP contribution in [0.15, 0.2) is 10.7 Å². The van der Waals surface area contributed by atoms with Gasteiger partial charge in [-0.3, -0.25) is 19.4 Å². The monoisotopic (exact) mass is 349 g/mol. The minimum atomic E-state index is -0.408. The molecule has 2 saturated heterocycles. The second-order valence-corrected chi connectivity index (χ2v) is 6.98. The second kappa shape index (κ2) is 8.04. The first kappa shape index (κ1) is 17.3. The Morgan fingerprint density at radius 1 is 0.792 bits per heavy atom. The molecule has 0 saturated carbocycles. The largest absolute Gasteiger partial charge is 0.366 e. The van der Waals surface area contributed by atoms with Crippen LogP contribution < -0.4 is 0 Å². The fourth-order valence-corrected chi connectivity index (χ4v) is 3.79. The number of hydrogen-bond acceptors (Lipinski definition) is 4. The number of amides is 2. The van der Waals surface area contributed by atoms with Crippen molar-refractivity contribution >= 4 is 23.4 Å². The maximum absolute atomic E-state index is 12.6. The van der Waals surface area contributed by atoms with E-state index in [-0.39, 0.29) is 17.5 Å². The molecular formula is C18H24ClN3O2. The van der Waals surface area contributed by atoms with Crippen molar-refractivity contribution in [3.05, 3.63) is 10.7 Å². The molecule has 0 bridgehead atoms. The van der Waals surface area contributed by atoms with E-state index in [0.717, 1.165) is 45.4 Å². The molecule has 6 heteroatoms. The molecule has 2 fully saturated rings. The second-order valence-electron chi connectivity index (χ2n) is 6.60. The molecule has 3 aliphatic rings. The van der Waals surface area contributed by atoms with E-state index in [1.54, 1.807) is 0 Å². The van der Waals surface area contributed by atoms with Gasteiger partial charge >= 0.3 is 0 Å². The fraction of sp³-hybridized carbons (Fsp3) is 0.667. The first-order valence-corrected chi connectivity index (χ1v) is 9.25. The molecule has 0 aromatic carbocycles. The average molecular weight is 350 g/mol. The summed E-state index contributed by atoms with van der Waals surface area (Å²) in [7, 11) is 0. The van der Waals surface area contributed by atoms with Gasteiger partial charge in [-0.2, -0.15) is 0 Å². The Balaban J connectivity index is 1.57. The smallest absolute Gasteiger partial charge is 0.279 e. The van der Waals surface area contributed by atoms with Crippen LogP contribution in [0.25, 0.3) is 0 Å². The normalized spacial score (nSPS) is 22.9. The summed E-state index contributed by atoms with van der Waals surface area (Å²) in [5.41, 5.74) is 0.374. The van der Waals surface area contributed by atoms with Gasteiger partial charge in [-0.25, -0.2) is 0 Å². The zero-order valence-corrected chi connectivity index (χ0v) is 14.8. The zero-order chi connectivity index (χ0) is 16.9. The Kier molecular flexibility index (Phi) is 5.80. The Bertz CT molecular complexity index is 593. The van der Waals surface area contributed by atoms with E-state index in [2.05, 4.69) is 16.7 Å². The molecule has 3 rings (SSSR count). The van der Waals surface area contributed by atoms with Gasteiger partial charge in [-0.1, -0.05) is 29.9 Å². The minimum absolute atomic E-state index is 0.0553. The molecule has 0 N–H and O–H groups in total. The van der Waals surface area contributed by atoms with E-state index in [1.165, 1.54) is 24.2 Å². The zero-order valence-electron chi connectivity index (χ0n) is 14.0. The number of hydrogen-bond donors (Lipinski definition) is 0. The number of rotatable bonds is 3. The van der Waals surface area contributed by atoms with E-state index >= 15 is 0 Å². The molecular weight excluding hydrogens is 326 g/mol. The highest BCUT2D eigenvalue weighted by molar-refractivity contribution is 6.47. The van der Waals surface area contributed by atoms with Gasteiger partial charge in [-0.05, 0) is 45.2 Å². The maximum atomic E-state index is 12.6. The molecule has 0 atom stereocenters. The summed E-state index contributed by atoms with van der Waals surface area (Å²) in [5.74, 6) is 5.35. The Labute approximate surface area is 148 Å². The quantitative estimate of drug-likeness (QED) is 0.575. The van der Waals surface area contributed by atoms with Crippen LogP contribution in [0, 0.1) is 11.8 Å². The average Bonchev–Trinajstić information content (AvgIpc) is 2.83. The fourth-order valence-electron chi connectivity index (χ4n) is 3.49. The minimum Gasteiger partial charge on any atom is -0.366 e. The van der Waals surface area contributed by atoms with Gasteiger partial charge in [0.2, 0.25) is 0 Å². The van der Waals surface area contributed by atoms with Crippen LogP contribution in [0.1, 0.15) is 38.5 Å². The predicted octanol–water partition coefficient (Wildman–Crippen LogP) is 1.78. The molecule has 0 aromatic rings. The van der Waals surface area contributed by atoms with Crippen molar-refractivity contribution in [2.75, 3.05) is 39.3 Å². The van der Waals surface area contributed by atoms with Crippen molar-refractivity contribution in [2.45, 2.75) is 38.5 Å². The third kappa shape index (κ3) is 3.76. The van der Waals surface area contributed by atoms with Crippen molar-refractivity contribution in [3.8, 4) is 11.8 Å². The van der Waals surface area contributed by atoms with Gasteiger partial charge in [0.05, 0.1) is 13.1 Å². The van der Waals surface area contributed by atoms with Crippen molar-refractivity contribution < 1.29 is 9.59 Å². The molecule has 0 aromatic heterocycles. The van der Waals surface area contributed by atoms with E-state index in [0.29, 0.717) is 12.2 Å². The van der Waals surface area contributed by atoms with Crippen LogP contribution in [-0.4, -0.2) is 65.8 Å². The van der Waals surface area contributed by atoms with E-state index in [1.807, 2.05) is 4.90 Å². The standard InChI is InChI=1S/C18H24ClN3O2/c19-15-16(21-12-5-2-6-13-21)18(24)22(17(15)23)14-8-7-11-20-9-3-1-4-10-20/h1-6,9-14H2. The van der Waals surface area contributed by atoms with Crippen LogP contribution in [0.4, 0.5) is 0 Å². The highest BCUT2D eigenvalue weighted by atomic mass is 35.5. The summed E-state index contributed by atoms with van der Waals surface area (Å²) in [6.07, 6.45) is 6.97. The van der Waals surface area contributed by atoms with Crippen molar-refractivity contribution in [2.24, 2.45) is 0 Å². The summed E-state index contributed by atoms with van der Waals surface area (Å²) in [6, 6.07) is 0. The van der Waals surface area contributed by atoms with Gasteiger partial charge in [0.1, 0.15) is 10.7 Å². The number of imide groups is 1. The molecule has 3 heterocycles. The third-order valence-electron chi connectivity index (χ3n) is 4.87. The summed E-state index contributed by atoms with van der Waals surface area (Å²) in [5, 5.41) is 0.0553. The molecule has 0 unspecified atom stereocenters. The summed E-state index contributed by atoms with van der Waals surface area (Å²) in [4.78, 5) is 30.3. The van der Waals surface area contributed by atoms with Crippen LogP contribution in [-0.2, 0) is 9.59 Å². The van der Waals surface area contributed by atoms with Crippen LogP contribution in [0.3, 0.4) is 0 Å². The number of nitrogens with zero attached hydrogens (tertiary/aromatic N) is 3. The lowest BCUT2D eigenvalue weighted by molar-refractivity contribution is -0.137. The van der Waals surface area contributed by atoms with Crippen molar-refractivity contribution in [3.63, 3.8) is 0 Å². The molecule has 2 amide bonds. The Morgan fingerprint density at radius 3 is 2.04 bits per heavy atom. The van der Waals surface area contributed by atoms with E-state index in [4.69, 9.17) is 11.6 Å². The number of likely N-dealkylation sites (tertiary alicyclic amines) is 2. The Hall–Kier alpha value is -1.51. The number of halogens is 1. The molecule has 0 aliphatic carbocycles. The first-order valence-electron chi connectivity index (χ1n) is 8.87. The number of piperidine rings is 2. The first-order chi connectivity index (χ1) is 11.7. The summed E-state index contributed by atoms with van der Waals surface area (Å²) < 4.78 is 0. The van der Waals surface area contributed by atoms with Crippen LogP contribution >= 0.6 is 11.6 Å². The third-order valence-corrected chi connectivity index (χ3v) is 5.22. The summed E-state index contributed by atoms with van der Waals surface area (Å²) in [6.45, 7) is 4.58. The van der Waals surface area contributed by atoms with Crippen molar-refractivity contribution in [1.29, 1.82) is 0 Å². The maximum Gasteiger partial charge on any atom is 0.279 e. The van der Waals surface area contributed by atoms with Gasteiger partial charge in [0.15, 0.2) is 0 Å². The molecule has 130 valence electrons. The summed E-state index contributed by atoms with van der Waals surface area (Å²) >= 11 is 6.16. The lowest BCUT2D eigenvalue weighted by atomic mass is 10.1. The van der Waals surface area contributed by atoms with Gasteiger partial charge in [0, 0.05) is 13.1 Å². The lowest BCUT2D eigenvalue weighted by Crippen LogP contribution is -2.37. The molecule has 24 heavy (non-hydrogen) atoms. The predicted molar refractivity (Wildman–Crippen MR) is 93.1 cm³/mol. The highest BCUT2D eigenvalue weighted by Crippen LogP contribution is 2.28.